The molecule has 0 aliphatic heterocycles. The minimum Gasteiger partial charge on any atom is -0.497 e. The second kappa shape index (κ2) is 8.91. The first kappa shape index (κ1) is 19.8. The van der Waals surface area contributed by atoms with Gasteiger partial charge in [-0.3, -0.25) is 9.59 Å². The number of benzene rings is 3. The van der Waals surface area contributed by atoms with Crippen LogP contribution in [0.1, 0.15) is 20.7 Å². The Bertz CT molecular complexity index is 1170. The molecule has 0 atom stereocenters. The molecule has 4 aromatic rings. The van der Waals surface area contributed by atoms with E-state index in [0.717, 1.165) is 5.69 Å². The summed E-state index contributed by atoms with van der Waals surface area (Å²) in [6, 6.07) is 20.7. The van der Waals surface area contributed by atoms with Crippen molar-refractivity contribution in [2.75, 3.05) is 17.7 Å². The maximum atomic E-state index is 12.5. The van der Waals surface area contributed by atoms with Crippen molar-refractivity contribution in [2.24, 2.45) is 0 Å². The maximum absolute atomic E-state index is 12.5. The number of carbonyl (C=O) groups excluding carboxylic acids is 2. The van der Waals surface area contributed by atoms with Gasteiger partial charge in [-0.1, -0.05) is 0 Å². The summed E-state index contributed by atoms with van der Waals surface area (Å²) in [5.74, 6) is 0.221. The zero-order chi connectivity index (χ0) is 21.6. The molecule has 31 heavy (non-hydrogen) atoms. The van der Waals surface area contributed by atoms with E-state index in [4.69, 9.17) is 4.74 Å². The summed E-state index contributed by atoms with van der Waals surface area (Å²) < 4.78 is 6.71. The number of nitrogens with zero attached hydrogens (tertiary/aromatic N) is 3. The zero-order valence-corrected chi connectivity index (χ0v) is 16.6. The van der Waals surface area contributed by atoms with Crippen LogP contribution in [-0.2, 0) is 0 Å². The van der Waals surface area contributed by atoms with E-state index in [1.54, 1.807) is 90.9 Å². The number of anilines is 2. The largest absolute Gasteiger partial charge is 0.497 e. The summed E-state index contributed by atoms with van der Waals surface area (Å²) >= 11 is 0. The smallest absolute Gasteiger partial charge is 0.255 e. The molecule has 0 aliphatic rings. The lowest BCUT2D eigenvalue weighted by atomic mass is 10.1. The van der Waals surface area contributed by atoms with E-state index in [1.807, 2.05) is 0 Å². The van der Waals surface area contributed by atoms with Crippen LogP contribution >= 0.6 is 0 Å². The molecule has 0 spiro atoms. The predicted octanol–water partition coefficient (Wildman–Crippen LogP) is 3.78. The van der Waals surface area contributed by atoms with Gasteiger partial charge < -0.3 is 15.4 Å². The van der Waals surface area contributed by atoms with Crippen molar-refractivity contribution in [3.05, 3.63) is 96.6 Å². The van der Waals surface area contributed by atoms with Crippen molar-refractivity contribution in [3.63, 3.8) is 0 Å². The van der Waals surface area contributed by atoms with E-state index in [2.05, 4.69) is 20.7 Å². The lowest BCUT2D eigenvalue weighted by Crippen LogP contribution is -2.13. The molecule has 0 saturated carbocycles. The summed E-state index contributed by atoms with van der Waals surface area (Å²) in [6.07, 6.45) is 3.03. The number of rotatable bonds is 6. The Morgan fingerprint density at radius 1 is 0.774 bits per heavy atom. The second-order valence-corrected chi connectivity index (χ2v) is 6.60. The molecule has 0 bridgehead atoms. The normalized spacial score (nSPS) is 10.4. The highest BCUT2D eigenvalue weighted by Crippen LogP contribution is 2.17. The first-order valence-corrected chi connectivity index (χ1v) is 9.44. The summed E-state index contributed by atoms with van der Waals surface area (Å²) in [6.45, 7) is 0. The van der Waals surface area contributed by atoms with Gasteiger partial charge in [0.25, 0.3) is 11.8 Å². The quantitative estimate of drug-likeness (QED) is 0.501. The lowest BCUT2D eigenvalue weighted by Gasteiger charge is -2.09. The van der Waals surface area contributed by atoms with Gasteiger partial charge in [0, 0.05) is 22.5 Å². The van der Waals surface area contributed by atoms with Crippen LogP contribution in [0.3, 0.4) is 0 Å². The third-order valence-corrected chi connectivity index (χ3v) is 4.57. The van der Waals surface area contributed by atoms with Crippen LogP contribution in [0.25, 0.3) is 5.69 Å². The van der Waals surface area contributed by atoms with Gasteiger partial charge >= 0.3 is 0 Å². The van der Waals surface area contributed by atoms with Crippen molar-refractivity contribution in [1.82, 2.24) is 14.8 Å². The third-order valence-electron chi connectivity index (χ3n) is 4.57. The molecular formula is C23H19N5O3. The number of nitrogens with one attached hydrogen (secondary N) is 2. The van der Waals surface area contributed by atoms with E-state index in [9.17, 15) is 9.59 Å². The van der Waals surface area contributed by atoms with E-state index < -0.39 is 0 Å². The van der Waals surface area contributed by atoms with Crippen LogP contribution in [0.15, 0.2) is 85.5 Å². The van der Waals surface area contributed by atoms with Gasteiger partial charge in [-0.05, 0) is 72.8 Å². The Hall–Kier alpha value is -4.46. The molecule has 0 unspecified atom stereocenters. The molecule has 1 heterocycles. The van der Waals surface area contributed by atoms with Gasteiger partial charge in [0.2, 0.25) is 0 Å². The highest BCUT2D eigenvalue weighted by atomic mass is 16.5. The Balaban J connectivity index is 1.37. The Labute approximate surface area is 178 Å². The molecule has 0 fully saturated rings. The van der Waals surface area contributed by atoms with Gasteiger partial charge in [-0.25, -0.2) is 9.67 Å². The van der Waals surface area contributed by atoms with Gasteiger partial charge in [0.15, 0.2) is 0 Å². The minimum atomic E-state index is -0.249. The van der Waals surface area contributed by atoms with Crippen molar-refractivity contribution >= 4 is 23.2 Å². The van der Waals surface area contributed by atoms with Crippen LogP contribution < -0.4 is 15.4 Å². The Morgan fingerprint density at radius 3 is 1.77 bits per heavy atom. The number of hydrogen-bond donors (Lipinski definition) is 2. The molecule has 0 saturated heterocycles. The highest BCUT2D eigenvalue weighted by Gasteiger charge is 2.09. The molecule has 8 heteroatoms. The Kier molecular flexibility index (Phi) is 5.70. The Morgan fingerprint density at radius 2 is 1.29 bits per heavy atom. The SMILES string of the molecule is COc1ccc(NC(=O)c2ccc(NC(=O)c3ccc(-n4cncn4)cc3)cc2)cc1. The first-order valence-electron chi connectivity index (χ1n) is 9.44. The average molecular weight is 413 g/mol. The molecule has 4 rings (SSSR count). The average Bonchev–Trinajstić information content (AvgIpc) is 3.35. The monoisotopic (exact) mass is 413 g/mol. The second-order valence-electron chi connectivity index (χ2n) is 6.60. The fourth-order valence-electron chi connectivity index (χ4n) is 2.89. The van der Waals surface area contributed by atoms with Gasteiger partial charge in [0.05, 0.1) is 12.8 Å². The topological polar surface area (TPSA) is 98.1 Å². The first-order chi connectivity index (χ1) is 15.1. The van der Waals surface area contributed by atoms with Gasteiger partial charge in [-0.2, -0.15) is 5.10 Å². The highest BCUT2D eigenvalue weighted by molar-refractivity contribution is 6.06. The van der Waals surface area contributed by atoms with Crippen LogP contribution in [0, 0.1) is 0 Å². The predicted molar refractivity (Wildman–Crippen MR) is 117 cm³/mol. The molecule has 0 aliphatic carbocycles. The minimum absolute atomic E-state index is 0.244. The van der Waals surface area contributed by atoms with Gasteiger partial charge in [0.1, 0.15) is 18.4 Å². The van der Waals surface area contributed by atoms with Crippen LogP contribution in [-0.4, -0.2) is 33.7 Å². The lowest BCUT2D eigenvalue weighted by molar-refractivity contribution is 0.102. The number of aromatic nitrogens is 3. The van der Waals surface area contributed by atoms with E-state index >= 15 is 0 Å². The summed E-state index contributed by atoms with van der Waals surface area (Å²) in [4.78, 5) is 28.8. The standard InChI is InChI=1S/C23H19N5O3/c1-31-21-12-8-19(9-13-21)27-22(29)16-2-6-18(7-3-16)26-23(30)17-4-10-20(11-5-17)28-15-24-14-25-28/h2-15H,1H3,(H,26,30)(H,27,29). The summed E-state index contributed by atoms with van der Waals surface area (Å²) in [5, 5.41) is 9.69. The van der Waals surface area contributed by atoms with E-state index in [1.165, 1.54) is 6.33 Å². The fraction of sp³-hybridized carbons (Fsp3) is 0.0435. The molecule has 2 N–H and O–H groups in total. The molecule has 1 aromatic heterocycles. The number of carbonyl (C=O) groups is 2. The molecular weight excluding hydrogens is 394 g/mol. The summed E-state index contributed by atoms with van der Waals surface area (Å²) in [7, 11) is 1.59. The zero-order valence-electron chi connectivity index (χ0n) is 16.6. The molecule has 8 nitrogen and oxygen atoms in total. The van der Waals surface area contributed by atoms with Crippen molar-refractivity contribution in [1.29, 1.82) is 0 Å². The van der Waals surface area contributed by atoms with Crippen molar-refractivity contribution < 1.29 is 14.3 Å². The number of ether oxygens (including phenoxy) is 1. The third kappa shape index (κ3) is 4.76. The number of amides is 2. The van der Waals surface area contributed by atoms with Crippen LogP contribution in [0.2, 0.25) is 0 Å². The van der Waals surface area contributed by atoms with Crippen LogP contribution in [0.5, 0.6) is 5.75 Å². The van der Waals surface area contributed by atoms with Crippen molar-refractivity contribution in [2.45, 2.75) is 0 Å². The number of hydrogen-bond acceptors (Lipinski definition) is 5. The molecule has 3 aromatic carbocycles. The maximum Gasteiger partial charge on any atom is 0.255 e. The molecule has 0 radical (unpaired) electrons. The van der Waals surface area contributed by atoms with E-state index in [0.29, 0.717) is 28.3 Å². The molecule has 2 amide bonds. The molecule has 154 valence electrons. The fourth-order valence-corrected chi connectivity index (χ4v) is 2.89. The number of methoxy groups -OCH3 is 1. The van der Waals surface area contributed by atoms with E-state index in [-0.39, 0.29) is 11.8 Å². The summed E-state index contributed by atoms with van der Waals surface area (Å²) in [5.41, 5.74) is 3.04. The van der Waals surface area contributed by atoms with Crippen molar-refractivity contribution in [3.8, 4) is 11.4 Å². The van der Waals surface area contributed by atoms with Crippen LogP contribution in [0.4, 0.5) is 11.4 Å². The van der Waals surface area contributed by atoms with Gasteiger partial charge in [-0.15, -0.1) is 0 Å².